The molecule has 0 saturated carbocycles. The number of hydrogen-bond donors (Lipinski definition) is 1. The highest BCUT2D eigenvalue weighted by Gasteiger charge is 2.34. The normalized spacial score (nSPS) is 17.2. The Balaban J connectivity index is 1.60. The Morgan fingerprint density at radius 1 is 1.17 bits per heavy atom. The third kappa shape index (κ3) is 3.92. The van der Waals surface area contributed by atoms with Crippen molar-refractivity contribution in [1.82, 2.24) is 4.90 Å². The van der Waals surface area contributed by atoms with Crippen molar-refractivity contribution in [3.63, 3.8) is 0 Å². The molecule has 124 valence electrons. The maximum atomic E-state index is 12.9. The highest BCUT2D eigenvalue weighted by molar-refractivity contribution is 6.30. The molecule has 1 heterocycles. The number of likely N-dealkylation sites (tertiary alicyclic amines) is 1. The summed E-state index contributed by atoms with van der Waals surface area (Å²) in [7, 11) is 0. The van der Waals surface area contributed by atoms with Crippen molar-refractivity contribution in [3.8, 4) is 0 Å². The molecule has 0 radical (unpaired) electrons. The van der Waals surface area contributed by atoms with E-state index in [1.165, 1.54) is 12.1 Å². The van der Waals surface area contributed by atoms with Gasteiger partial charge in [0.15, 0.2) is 0 Å². The molecule has 1 aliphatic heterocycles. The summed E-state index contributed by atoms with van der Waals surface area (Å²) in [6.45, 7) is 0.736. The van der Waals surface area contributed by atoms with Crippen LogP contribution in [0.4, 0.5) is 10.1 Å². The minimum absolute atomic E-state index is 0.0735. The van der Waals surface area contributed by atoms with Crippen molar-refractivity contribution in [3.05, 3.63) is 64.9 Å². The Hall–Kier alpha value is -2.40. The number of nitrogens with one attached hydrogen (secondary N) is 1. The summed E-state index contributed by atoms with van der Waals surface area (Å²) in [4.78, 5) is 26.1. The predicted octanol–water partition coefficient (Wildman–Crippen LogP) is 3.47. The third-order valence-corrected chi connectivity index (χ3v) is 4.24. The molecule has 2 amide bonds. The Morgan fingerprint density at radius 3 is 2.50 bits per heavy atom. The summed E-state index contributed by atoms with van der Waals surface area (Å²) in [6.07, 6.45) is 0.181. The van der Waals surface area contributed by atoms with Crippen molar-refractivity contribution < 1.29 is 14.0 Å². The first-order valence-corrected chi connectivity index (χ1v) is 7.98. The zero-order chi connectivity index (χ0) is 17.1. The molecule has 6 heteroatoms. The van der Waals surface area contributed by atoms with Crippen LogP contribution in [0.3, 0.4) is 0 Å². The van der Waals surface area contributed by atoms with Gasteiger partial charge in [0.25, 0.3) is 0 Å². The Bertz CT molecular complexity index is 747. The Kier molecular flexibility index (Phi) is 4.81. The van der Waals surface area contributed by atoms with Crippen LogP contribution in [0, 0.1) is 11.7 Å². The van der Waals surface area contributed by atoms with Gasteiger partial charge in [-0.2, -0.15) is 0 Å². The molecule has 0 aromatic heterocycles. The number of halogens is 2. The van der Waals surface area contributed by atoms with E-state index in [2.05, 4.69) is 5.32 Å². The van der Waals surface area contributed by atoms with E-state index < -0.39 is 5.92 Å². The van der Waals surface area contributed by atoms with Gasteiger partial charge in [0.2, 0.25) is 11.8 Å². The lowest BCUT2D eigenvalue weighted by Crippen LogP contribution is -2.28. The van der Waals surface area contributed by atoms with Crippen LogP contribution in [0.15, 0.2) is 48.5 Å². The van der Waals surface area contributed by atoms with E-state index in [9.17, 15) is 14.0 Å². The smallest absolute Gasteiger partial charge is 0.229 e. The monoisotopic (exact) mass is 346 g/mol. The zero-order valence-corrected chi connectivity index (χ0v) is 13.6. The quantitative estimate of drug-likeness (QED) is 0.921. The van der Waals surface area contributed by atoms with E-state index in [0.29, 0.717) is 23.8 Å². The molecular formula is C18H16ClFN2O2. The van der Waals surface area contributed by atoms with E-state index in [1.807, 2.05) is 0 Å². The number of benzene rings is 2. The summed E-state index contributed by atoms with van der Waals surface area (Å²) >= 11 is 5.81. The summed E-state index contributed by atoms with van der Waals surface area (Å²) < 4.78 is 12.9. The number of carbonyl (C=O) groups is 2. The van der Waals surface area contributed by atoms with Gasteiger partial charge in [0.05, 0.1) is 5.92 Å². The molecular weight excluding hydrogens is 331 g/mol. The van der Waals surface area contributed by atoms with Gasteiger partial charge >= 0.3 is 0 Å². The van der Waals surface area contributed by atoms with Crippen LogP contribution in [-0.2, 0) is 16.1 Å². The largest absolute Gasteiger partial charge is 0.338 e. The van der Waals surface area contributed by atoms with Crippen LogP contribution in [0.1, 0.15) is 12.0 Å². The number of anilines is 1. The first kappa shape index (κ1) is 16.5. The molecule has 1 N–H and O–H groups in total. The average Bonchev–Trinajstić information content (AvgIpc) is 2.93. The number of carbonyl (C=O) groups excluding carboxylic acids is 2. The second-order valence-electron chi connectivity index (χ2n) is 5.80. The fourth-order valence-corrected chi connectivity index (χ4v) is 2.81. The second kappa shape index (κ2) is 7.01. The minimum Gasteiger partial charge on any atom is -0.338 e. The molecule has 1 saturated heterocycles. The first-order chi connectivity index (χ1) is 11.5. The molecule has 2 aromatic rings. The van der Waals surface area contributed by atoms with Crippen molar-refractivity contribution in [2.24, 2.45) is 5.92 Å². The maximum absolute atomic E-state index is 12.9. The van der Waals surface area contributed by atoms with Gasteiger partial charge in [0.1, 0.15) is 5.82 Å². The zero-order valence-electron chi connectivity index (χ0n) is 12.8. The summed E-state index contributed by atoms with van der Waals surface area (Å²) in [5, 5.41) is 3.39. The third-order valence-electron chi connectivity index (χ3n) is 3.98. The predicted molar refractivity (Wildman–Crippen MR) is 90.0 cm³/mol. The maximum Gasteiger partial charge on any atom is 0.229 e. The molecule has 24 heavy (non-hydrogen) atoms. The fourth-order valence-electron chi connectivity index (χ4n) is 2.69. The van der Waals surface area contributed by atoms with E-state index >= 15 is 0 Å². The summed E-state index contributed by atoms with van der Waals surface area (Å²) in [5.41, 5.74) is 1.48. The van der Waals surface area contributed by atoms with Crippen molar-refractivity contribution in [1.29, 1.82) is 0 Å². The summed E-state index contributed by atoms with van der Waals surface area (Å²) in [5.74, 6) is -0.969. The van der Waals surface area contributed by atoms with Crippen molar-refractivity contribution in [2.75, 3.05) is 11.9 Å². The van der Waals surface area contributed by atoms with Crippen LogP contribution >= 0.6 is 11.6 Å². The van der Waals surface area contributed by atoms with Crippen LogP contribution in [0.25, 0.3) is 0 Å². The molecule has 0 bridgehead atoms. The number of amides is 2. The lowest BCUT2D eigenvalue weighted by molar-refractivity contribution is -0.128. The Morgan fingerprint density at radius 2 is 1.83 bits per heavy atom. The SMILES string of the molecule is O=C(Nc1ccc(Cl)cc1)C1CC(=O)N(Cc2ccc(F)cc2)C1. The lowest BCUT2D eigenvalue weighted by atomic mass is 10.1. The van der Waals surface area contributed by atoms with Gasteiger partial charge in [-0.05, 0) is 42.0 Å². The molecule has 1 fully saturated rings. The lowest BCUT2D eigenvalue weighted by Gasteiger charge is -2.16. The molecule has 1 atom stereocenters. The van der Waals surface area contributed by atoms with Gasteiger partial charge in [-0.25, -0.2) is 4.39 Å². The topological polar surface area (TPSA) is 49.4 Å². The minimum atomic E-state index is -0.395. The van der Waals surface area contributed by atoms with E-state index in [-0.39, 0.29) is 24.1 Å². The molecule has 0 aliphatic carbocycles. The average molecular weight is 347 g/mol. The highest BCUT2D eigenvalue weighted by atomic mass is 35.5. The standard InChI is InChI=1S/C18H16ClFN2O2/c19-14-3-7-16(8-4-14)21-18(24)13-9-17(23)22(11-13)10-12-1-5-15(20)6-2-12/h1-8,13H,9-11H2,(H,21,24). The van der Waals surface area contributed by atoms with Gasteiger partial charge in [-0.3, -0.25) is 9.59 Å². The molecule has 2 aromatic carbocycles. The van der Waals surface area contributed by atoms with E-state index in [1.54, 1.807) is 41.3 Å². The van der Waals surface area contributed by atoms with Crippen LogP contribution < -0.4 is 5.32 Å². The fraction of sp³-hybridized carbons (Fsp3) is 0.222. The van der Waals surface area contributed by atoms with Crippen LogP contribution in [-0.4, -0.2) is 23.3 Å². The van der Waals surface area contributed by atoms with Gasteiger partial charge in [0, 0.05) is 30.2 Å². The molecule has 4 nitrogen and oxygen atoms in total. The van der Waals surface area contributed by atoms with Crippen LogP contribution in [0.2, 0.25) is 5.02 Å². The number of nitrogens with zero attached hydrogens (tertiary/aromatic N) is 1. The van der Waals surface area contributed by atoms with Crippen LogP contribution in [0.5, 0.6) is 0 Å². The van der Waals surface area contributed by atoms with E-state index in [0.717, 1.165) is 5.56 Å². The van der Waals surface area contributed by atoms with Gasteiger partial charge < -0.3 is 10.2 Å². The molecule has 0 spiro atoms. The molecule has 3 rings (SSSR count). The Labute approximate surface area is 144 Å². The first-order valence-electron chi connectivity index (χ1n) is 7.60. The number of rotatable bonds is 4. The highest BCUT2D eigenvalue weighted by Crippen LogP contribution is 2.22. The van der Waals surface area contributed by atoms with Gasteiger partial charge in [-0.1, -0.05) is 23.7 Å². The van der Waals surface area contributed by atoms with Gasteiger partial charge in [-0.15, -0.1) is 0 Å². The second-order valence-corrected chi connectivity index (χ2v) is 6.23. The van der Waals surface area contributed by atoms with Crippen molar-refractivity contribution in [2.45, 2.75) is 13.0 Å². The molecule has 1 unspecified atom stereocenters. The van der Waals surface area contributed by atoms with E-state index in [4.69, 9.17) is 11.6 Å². The number of hydrogen-bond acceptors (Lipinski definition) is 2. The molecule has 1 aliphatic rings. The summed E-state index contributed by atoms with van der Waals surface area (Å²) in [6, 6.07) is 12.8. The van der Waals surface area contributed by atoms with Crippen molar-refractivity contribution >= 4 is 29.1 Å².